The molecule has 192 valence electrons. The van der Waals surface area contributed by atoms with Crippen molar-refractivity contribution in [3.8, 4) is 0 Å². The van der Waals surface area contributed by atoms with E-state index in [1.807, 2.05) is 19.1 Å². The first-order chi connectivity index (χ1) is 16.0. The number of sulfonamides is 1. The van der Waals surface area contributed by atoms with Crippen LogP contribution in [-0.2, 0) is 10.0 Å². The third kappa shape index (κ3) is 8.63. The minimum atomic E-state index is -3.49. The zero-order valence-corrected chi connectivity index (χ0v) is 27.6. The third-order valence-corrected chi connectivity index (χ3v) is 24.3. The molecule has 0 atom stereocenters. The number of hydrogen-bond acceptors (Lipinski definition) is 2. The van der Waals surface area contributed by atoms with Crippen molar-refractivity contribution in [2.45, 2.75) is 104 Å². The first-order valence-corrected chi connectivity index (χ1v) is 26.2. The number of benzene rings is 1. The van der Waals surface area contributed by atoms with Crippen LogP contribution in [0.15, 0.2) is 50.1 Å². The topological polar surface area (TPSA) is 37.4 Å². The fraction of sp³-hybridized carbons (Fsp3) is 0.643. The zero-order chi connectivity index (χ0) is 25.4. The molecule has 0 unspecified atom stereocenters. The van der Waals surface area contributed by atoms with Crippen molar-refractivity contribution in [1.82, 2.24) is 4.31 Å². The van der Waals surface area contributed by atoms with E-state index >= 15 is 0 Å². The maximum absolute atomic E-state index is 13.6. The maximum atomic E-state index is 13.6. The Morgan fingerprint density at radius 3 is 1.76 bits per heavy atom. The second-order valence-electron chi connectivity index (χ2n) is 11.5. The van der Waals surface area contributed by atoms with Crippen molar-refractivity contribution in [3.05, 3.63) is 50.8 Å². The molecule has 1 aliphatic heterocycles. The molecule has 6 heteroatoms. The van der Waals surface area contributed by atoms with Crippen LogP contribution in [0.1, 0.15) is 64.9 Å². The average molecular weight is 611 g/mol. The molecule has 0 bridgehead atoms. The van der Waals surface area contributed by atoms with Gasteiger partial charge in [-0.3, -0.25) is 0 Å². The molecule has 0 amide bonds. The molecule has 1 aromatic rings. The Morgan fingerprint density at radius 1 is 0.853 bits per heavy atom. The van der Waals surface area contributed by atoms with Gasteiger partial charge in [0.15, 0.2) is 0 Å². The molecule has 34 heavy (non-hydrogen) atoms. The Kier molecular flexibility index (Phi) is 11.6. The van der Waals surface area contributed by atoms with E-state index in [-0.39, 0.29) is 0 Å². The van der Waals surface area contributed by atoms with Crippen LogP contribution in [0.4, 0.5) is 0 Å². The Labute approximate surface area is 216 Å². The fourth-order valence-corrected chi connectivity index (χ4v) is 23.1. The summed E-state index contributed by atoms with van der Waals surface area (Å²) in [4.78, 5) is 0.421. The average Bonchev–Trinajstić information content (AvgIpc) is 3.16. The summed E-state index contributed by atoms with van der Waals surface area (Å²) in [7, 11) is -4.98. The van der Waals surface area contributed by atoms with E-state index in [0.29, 0.717) is 18.0 Å². The van der Waals surface area contributed by atoms with E-state index in [9.17, 15) is 8.42 Å². The predicted molar refractivity (Wildman–Crippen MR) is 154 cm³/mol. The molecule has 0 aliphatic carbocycles. The summed E-state index contributed by atoms with van der Waals surface area (Å²) in [5.74, 6) is 0. The number of nitrogens with zero attached hydrogens (tertiary/aromatic N) is 1. The molecule has 0 N–H and O–H groups in total. The number of aryl methyl sites for hydroxylation is 1. The Balaban J connectivity index is 2.53. The SMILES string of the molecule is CCC[CH2][Sn](/[CH]=C1/CN(S(=O)(=O)c2ccc(C)cc2)CC1=C[Si](C)(C)C)([CH2]CCC)[CH2]CCC. The summed E-state index contributed by atoms with van der Waals surface area (Å²) in [6.45, 7) is 17.1. The van der Waals surface area contributed by atoms with Gasteiger partial charge in [0.25, 0.3) is 0 Å². The van der Waals surface area contributed by atoms with Crippen LogP contribution < -0.4 is 0 Å². The van der Waals surface area contributed by atoms with Gasteiger partial charge in [-0.1, -0.05) is 0 Å². The molecule has 1 aliphatic rings. The molecule has 1 fully saturated rings. The minimum absolute atomic E-state index is 0.421. The number of rotatable bonds is 13. The van der Waals surface area contributed by atoms with Crippen LogP contribution in [0.3, 0.4) is 0 Å². The van der Waals surface area contributed by atoms with Crippen LogP contribution in [0.5, 0.6) is 0 Å². The Bertz CT molecular complexity index is 924. The van der Waals surface area contributed by atoms with Gasteiger partial charge in [-0.2, -0.15) is 0 Å². The summed E-state index contributed by atoms with van der Waals surface area (Å²) in [5.41, 5.74) is 6.22. The van der Waals surface area contributed by atoms with Gasteiger partial charge >= 0.3 is 217 Å². The van der Waals surface area contributed by atoms with Crippen molar-refractivity contribution >= 4 is 36.5 Å². The van der Waals surface area contributed by atoms with Crippen LogP contribution in [0, 0.1) is 6.92 Å². The van der Waals surface area contributed by atoms with E-state index in [1.165, 1.54) is 63.0 Å². The normalized spacial score (nSPS) is 18.3. The van der Waals surface area contributed by atoms with Crippen LogP contribution in [0.2, 0.25) is 33.0 Å². The molecular weight excluding hydrogens is 561 g/mol. The summed E-state index contributed by atoms with van der Waals surface area (Å²) in [6.07, 6.45) is 7.74. The molecule has 0 saturated carbocycles. The summed E-state index contributed by atoms with van der Waals surface area (Å²) in [6, 6.07) is 7.34. The van der Waals surface area contributed by atoms with E-state index in [0.717, 1.165) is 5.56 Å². The molecule has 1 heterocycles. The van der Waals surface area contributed by atoms with Gasteiger partial charge < -0.3 is 0 Å². The second-order valence-corrected chi connectivity index (χ2v) is 31.3. The Hall–Kier alpha value is -0.374. The summed E-state index contributed by atoms with van der Waals surface area (Å²) >= 11 is -2.55. The van der Waals surface area contributed by atoms with Gasteiger partial charge in [0, 0.05) is 0 Å². The van der Waals surface area contributed by atoms with E-state index < -0.39 is 36.5 Å². The zero-order valence-electron chi connectivity index (χ0n) is 22.9. The van der Waals surface area contributed by atoms with Crippen molar-refractivity contribution in [3.63, 3.8) is 0 Å². The third-order valence-electron chi connectivity index (χ3n) is 6.94. The van der Waals surface area contributed by atoms with Crippen LogP contribution in [-0.4, -0.2) is 52.3 Å². The first-order valence-electron chi connectivity index (χ1n) is 13.5. The van der Waals surface area contributed by atoms with Crippen molar-refractivity contribution in [2.24, 2.45) is 0 Å². The van der Waals surface area contributed by atoms with Gasteiger partial charge in [0.05, 0.1) is 0 Å². The van der Waals surface area contributed by atoms with E-state index in [1.54, 1.807) is 16.4 Å². The van der Waals surface area contributed by atoms with E-state index in [4.69, 9.17) is 0 Å². The summed E-state index contributed by atoms with van der Waals surface area (Å²) in [5, 5.41) is 0. The second kappa shape index (κ2) is 13.3. The molecule has 1 saturated heterocycles. The van der Waals surface area contributed by atoms with Gasteiger partial charge in [0.1, 0.15) is 0 Å². The van der Waals surface area contributed by atoms with Gasteiger partial charge in [-0.25, -0.2) is 0 Å². The number of hydrogen-bond donors (Lipinski definition) is 0. The van der Waals surface area contributed by atoms with Gasteiger partial charge in [-0.05, 0) is 0 Å². The van der Waals surface area contributed by atoms with Crippen molar-refractivity contribution in [1.29, 1.82) is 0 Å². The molecule has 1 aromatic carbocycles. The van der Waals surface area contributed by atoms with Crippen LogP contribution >= 0.6 is 0 Å². The molecule has 0 spiro atoms. The Morgan fingerprint density at radius 2 is 1.32 bits per heavy atom. The van der Waals surface area contributed by atoms with Crippen molar-refractivity contribution in [2.75, 3.05) is 13.1 Å². The van der Waals surface area contributed by atoms with Gasteiger partial charge in [-0.15, -0.1) is 0 Å². The predicted octanol–water partition coefficient (Wildman–Crippen LogP) is 8.12. The quantitative estimate of drug-likeness (QED) is 0.212. The number of unbranched alkanes of at least 4 members (excludes halogenated alkanes) is 3. The standard InChI is InChI=1S/C16H22NO2SSi.3C4H9.Sn/c1-13-6-8-16(9-7-13)20(18,19)17-10-14(2)15(11-17)12-21(3,4)5;3*1-3-4-2;/h2,6-9,12H,10-11H2,1,3-5H3;3*1,3-4H2,2H3;. The molecular formula is C28H49NO2SSiSn. The monoisotopic (exact) mass is 611 g/mol. The molecule has 3 nitrogen and oxygen atoms in total. The molecule has 0 radical (unpaired) electrons. The van der Waals surface area contributed by atoms with Gasteiger partial charge in [0.2, 0.25) is 0 Å². The molecule has 0 aromatic heterocycles. The van der Waals surface area contributed by atoms with E-state index in [2.05, 4.69) is 50.2 Å². The molecule has 2 rings (SSSR count). The van der Waals surface area contributed by atoms with Crippen molar-refractivity contribution < 1.29 is 8.42 Å². The fourth-order valence-electron chi connectivity index (χ4n) is 5.02. The van der Waals surface area contributed by atoms with Crippen LogP contribution in [0.25, 0.3) is 0 Å². The first kappa shape index (κ1) is 29.9. The summed E-state index contributed by atoms with van der Waals surface area (Å²) < 4.78 is 35.9.